The van der Waals surface area contributed by atoms with E-state index >= 15 is 0 Å². The predicted molar refractivity (Wildman–Crippen MR) is 104 cm³/mol. The Kier molecular flexibility index (Phi) is 5.79. The molecular weight excluding hydrogens is 364 g/mol. The third-order valence-corrected chi connectivity index (χ3v) is 5.29. The van der Waals surface area contributed by atoms with Gasteiger partial charge in [-0.3, -0.25) is 4.90 Å². The van der Waals surface area contributed by atoms with Crippen molar-refractivity contribution >= 4 is 21.8 Å². The molecule has 1 fully saturated rings. The molecule has 1 heterocycles. The van der Waals surface area contributed by atoms with Crippen LogP contribution < -0.4 is 9.62 Å². The molecule has 140 valence electrons. The number of hydrogen-bond acceptors (Lipinski definition) is 4. The molecule has 0 bridgehead atoms. The average Bonchev–Trinajstić information content (AvgIpc) is 3.05. The number of anilines is 1. The molecule has 0 saturated carbocycles. The Labute approximate surface area is 159 Å². The molecule has 0 atom stereocenters. The monoisotopic (exact) mass is 384 g/mol. The summed E-state index contributed by atoms with van der Waals surface area (Å²) in [6, 6.07) is 14.6. The first-order valence-corrected chi connectivity index (χ1v) is 10.1. The molecule has 1 aliphatic heterocycles. The van der Waals surface area contributed by atoms with Gasteiger partial charge in [0.15, 0.2) is 0 Å². The molecule has 1 amide bonds. The van der Waals surface area contributed by atoms with Crippen LogP contribution in [0.1, 0.15) is 16.7 Å². The Morgan fingerprint density at radius 3 is 2.63 bits per heavy atom. The van der Waals surface area contributed by atoms with E-state index in [1.165, 1.54) is 0 Å². The number of hydrogen-bond donors (Lipinski definition) is 1. The third-order valence-electron chi connectivity index (χ3n) is 3.99. The van der Waals surface area contributed by atoms with Crippen molar-refractivity contribution in [2.75, 3.05) is 24.6 Å². The Morgan fingerprint density at radius 1 is 1.19 bits per heavy atom. The molecule has 1 N–H and O–H groups in total. The van der Waals surface area contributed by atoms with Gasteiger partial charge in [0.2, 0.25) is 10.0 Å². The Hall–Kier alpha value is -2.82. The highest BCUT2D eigenvalue weighted by Crippen LogP contribution is 2.18. The van der Waals surface area contributed by atoms with Crippen molar-refractivity contribution in [2.24, 2.45) is 0 Å². The molecule has 2 aromatic rings. The van der Waals surface area contributed by atoms with E-state index in [-0.39, 0.29) is 18.4 Å². The minimum Gasteiger partial charge on any atom is -0.447 e. The molecule has 0 aliphatic carbocycles. The number of nitrogens with zero attached hydrogens (tertiary/aromatic N) is 1. The lowest BCUT2D eigenvalue weighted by molar-refractivity contribution is 0.181. The van der Waals surface area contributed by atoms with Gasteiger partial charge in [-0.05, 0) is 36.8 Å². The fraction of sp³-hybridized carbons (Fsp3) is 0.250. The van der Waals surface area contributed by atoms with Crippen molar-refractivity contribution < 1.29 is 17.9 Å². The fourth-order valence-electron chi connectivity index (χ4n) is 2.72. The Balaban J connectivity index is 1.54. The van der Waals surface area contributed by atoms with Crippen LogP contribution in [0.25, 0.3) is 0 Å². The first-order valence-electron chi connectivity index (χ1n) is 8.49. The van der Waals surface area contributed by atoms with Gasteiger partial charge in [0, 0.05) is 11.3 Å². The largest absolute Gasteiger partial charge is 0.447 e. The number of sulfonamides is 1. The summed E-state index contributed by atoms with van der Waals surface area (Å²) >= 11 is 0. The van der Waals surface area contributed by atoms with Gasteiger partial charge in [-0.2, -0.15) is 0 Å². The van der Waals surface area contributed by atoms with Crippen LogP contribution in [0, 0.1) is 18.8 Å². The summed E-state index contributed by atoms with van der Waals surface area (Å²) in [5, 5.41) is 0. The van der Waals surface area contributed by atoms with Crippen molar-refractivity contribution in [1.82, 2.24) is 4.72 Å². The van der Waals surface area contributed by atoms with Crippen molar-refractivity contribution in [3.8, 4) is 11.8 Å². The van der Waals surface area contributed by atoms with E-state index in [1.807, 2.05) is 25.1 Å². The zero-order chi connectivity index (χ0) is 19.3. The molecule has 0 unspecified atom stereocenters. The second-order valence-electron chi connectivity index (χ2n) is 6.18. The lowest BCUT2D eigenvalue weighted by Crippen LogP contribution is -2.25. The van der Waals surface area contributed by atoms with Gasteiger partial charge in [0.25, 0.3) is 0 Å². The number of benzene rings is 2. The normalized spacial score (nSPS) is 13.8. The maximum Gasteiger partial charge on any atom is 0.414 e. The topological polar surface area (TPSA) is 75.7 Å². The van der Waals surface area contributed by atoms with E-state index < -0.39 is 10.0 Å². The second kappa shape index (κ2) is 8.25. The maximum absolute atomic E-state index is 12.1. The summed E-state index contributed by atoms with van der Waals surface area (Å²) in [6.07, 6.45) is -0.350. The molecule has 7 heteroatoms. The minimum atomic E-state index is -3.44. The molecule has 2 aromatic carbocycles. The number of rotatable bonds is 5. The first-order chi connectivity index (χ1) is 12.9. The quantitative estimate of drug-likeness (QED) is 0.804. The Morgan fingerprint density at radius 2 is 1.96 bits per heavy atom. The lowest BCUT2D eigenvalue weighted by atomic mass is 10.2. The van der Waals surface area contributed by atoms with Crippen molar-refractivity contribution in [2.45, 2.75) is 12.7 Å². The van der Waals surface area contributed by atoms with Gasteiger partial charge in [0.05, 0.1) is 18.8 Å². The van der Waals surface area contributed by atoms with E-state index in [4.69, 9.17) is 4.74 Å². The van der Waals surface area contributed by atoms with Gasteiger partial charge < -0.3 is 4.74 Å². The zero-order valence-electron chi connectivity index (χ0n) is 14.9. The SMILES string of the molecule is Cc1cccc(CS(=O)(=O)NCC#Cc2ccc(N3CCOC3=O)cc2)c1. The van der Waals surface area contributed by atoms with E-state index in [2.05, 4.69) is 16.6 Å². The van der Waals surface area contributed by atoms with Crippen LogP contribution in [0.4, 0.5) is 10.5 Å². The molecule has 0 spiro atoms. The number of carbonyl (C=O) groups excluding carboxylic acids is 1. The minimum absolute atomic E-state index is 0.0361. The maximum atomic E-state index is 12.1. The average molecular weight is 384 g/mol. The Bertz CT molecular complexity index is 989. The van der Waals surface area contributed by atoms with Crippen LogP contribution in [-0.2, 0) is 20.5 Å². The van der Waals surface area contributed by atoms with Crippen LogP contribution in [0.5, 0.6) is 0 Å². The summed E-state index contributed by atoms with van der Waals surface area (Å²) in [5.41, 5.74) is 3.26. The van der Waals surface area contributed by atoms with Crippen LogP contribution in [0.15, 0.2) is 48.5 Å². The first kappa shape index (κ1) is 19.0. The second-order valence-corrected chi connectivity index (χ2v) is 7.99. The van der Waals surface area contributed by atoms with E-state index in [1.54, 1.807) is 35.2 Å². The van der Waals surface area contributed by atoms with Gasteiger partial charge in [-0.1, -0.05) is 41.7 Å². The predicted octanol–water partition coefficient (Wildman–Crippen LogP) is 2.42. The highest BCUT2D eigenvalue weighted by atomic mass is 32.2. The number of aryl methyl sites for hydroxylation is 1. The van der Waals surface area contributed by atoms with Crippen LogP contribution in [0.2, 0.25) is 0 Å². The highest BCUT2D eigenvalue weighted by molar-refractivity contribution is 7.88. The van der Waals surface area contributed by atoms with Gasteiger partial charge in [-0.15, -0.1) is 0 Å². The van der Waals surface area contributed by atoms with Gasteiger partial charge in [0.1, 0.15) is 6.61 Å². The standard InChI is InChI=1S/C20H20N2O4S/c1-16-4-2-5-18(14-16)15-27(24,25)21-11-3-6-17-7-9-19(10-8-17)22-12-13-26-20(22)23/h2,4-5,7-10,14,21H,11-13,15H2,1H3. The van der Waals surface area contributed by atoms with Crippen LogP contribution in [0.3, 0.4) is 0 Å². The van der Waals surface area contributed by atoms with E-state index in [0.717, 1.165) is 22.4 Å². The summed E-state index contributed by atoms with van der Waals surface area (Å²) < 4.78 is 31.6. The van der Waals surface area contributed by atoms with Crippen molar-refractivity contribution in [3.05, 3.63) is 65.2 Å². The molecule has 1 saturated heterocycles. The summed E-state index contributed by atoms with van der Waals surface area (Å²) in [5.74, 6) is 5.64. The fourth-order valence-corrected chi connectivity index (χ4v) is 3.73. The number of ether oxygens (including phenoxy) is 1. The smallest absolute Gasteiger partial charge is 0.414 e. The zero-order valence-corrected chi connectivity index (χ0v) is 15.8. The molecule has 1 aliphatic rings. The summed E-state index contributed by atoms with van der Waals surface area (Å²) in [4.78, 5) is 13.1. The molecule has 0 aromatic heterocycles. The number of carbonyl (C=O) groups is 1. The van der Waals surface area contributed by atoms with Gasteiger partial charge >= 0.3 is 6.09 Å². The summed E-state index contributed by atoms with van der Waals surface area (Å²) in [7, 11) is -3.44. The van der Waals surface area contributed by atoms with E-state index in [9.17, 15) is 13.2 Å². The molecule has 3 rings (SSSR count). The van der Waals surface area contributed by atoms with Crippen molar-refractivity contribution in [3.63, 3.8) is 0 Å². The molecule has 6 nitrogen and oxygen atoms in total. The number of amides is 1. The van der Waals surface area contributed by atoms with Crippen LogP contribution >= 0.6 is 0 Å². The number of nitrogens with one attached hydrogen (secondary N) is 1. The molecule has 0 radical (unpaired) electrons. The lowest BCUT2D eigenvalue weighted by Gasteiger charge is -2.11. The van der Waals surface area contributed by atoms with Crippen molar-refractivity contribution in [1.29, 1.82) is 0 Å². The van der Waals surface area contributed by atoms with Gasteiger partial charge in [-0.25, -0.2) is 17.9 Å². The molecule has 27 heavy (non-hydrogen) atoms. The summed E-state index contributed by atoms with van der Waals surface area (Å²) in [6.45, 7) is 2.89. The van der Waals surface area contributed by atoms with Crippen LogP contribution in [-0.4, -0.2) is 34.2 Å². The third kappa shape index (κ3) is 5.33. The number of cyclic esters (lactones) is 1. The molecular formula is C20H20N2O4S. The highest BCUT2D eigenvalue weighted by Gasteiger charge is 2.23. The van der Waals surface area contributed by atoms with E-state index in [0.29, 0.717) is 13.2 Å².